The monoisotopic (exact) mass is 332 g/mol. The average molecular weight is 332 g/mol. The zero-order chi connectivity index (χ0) is 17.1. The lowest BCUT2D eigenvalue weighted by Crippen LogP contribution is -2.18. The van der Waals surface area contributed by atoms with Crippen molar-refractivity contribution in [2.24, 2.45) is 0 Å². The number of benzene rings is 1. The SMILES string of the molecule is Nc1cc(C2CC[C@@H](OC(=O)Oc3ccc([N+](=O)[O-])cc3)C2)[nH]n1. The number of hydrogen-bond acceptors (Lipinski definition) is 7. The molecule has 2 atom stereocenters. The van der Waals surface area contributed by atoms with E-state index in [4.69, 9.17) is 15.2 Å². The molecule has 9 nitrogen and oxygen atoms in total. The number of rotatable bonds is 4. The normalized spacial score (nSPS) is 19.8. The van der Waals surface area contributed by atoms with Crippen LogP contribution in [0.4, 0.5) is 16.3 Å². The van der Waals surface area contributed by atoms with Crippen molar-refractivity contribution in [1.29, 1.82) is 0 Å². The number of carbonyl (C=O) groups excluding carboxylic acids is 1. The molecule has 1 fully saturated rings. The second-order valence-electron chi connectivity index (χ2n) is 5.60. The van der Waals surface area contributed by atoms with Gasteiger partial charge in [0, 0.05) is 29.8 Å². The van der Waals surface area contributed by atoms with Crippen molar-refractivity contribution in [2.75, 3.05) is 5.73 Å². The number of carbonyl (C=O) groups is 1. The number of aromatic nitrogens is 2. The number of nitrogens with two attached hydrogens (primary N) is 1. The predicted octanol–water partition coefficient (Wildman–Crippen LogP) is 2.75. The van der Waals surface area contributed by atoms with E-state index in [1.165, 1.54) is 24.3 Å². The van der Waals surface area contributed by atoms with Gasteiger partial charge in [0.05, 0.1) is 4.92 Å². The summed E-state index contributed by atoms with van der Waals surface area (Å²) in [6.07, 6.45) is 1.18. The molecule has 0 amide bonds. The Morgan fingerprint density at radius 1 is 1.33 bits per heavy atom. The molecule has 0 bridgehead atoms. The fourth-order valence-corrected chi connectivity index (χ4v) is 2.78. The molecule has 1 heterocycles. The van der Waals surface area contributed by atoms with E-state index in [-0.39, 0.29) is 23.5 Å². The molecule has 1 aromatic carbocycles. The molecule has 3 N–H and O–H groups in total. The summed E-state index contributed by atoms with van der Waals surface area (Å²) in [5.41, 5.74) is 6.44. The zero-order valence-electron chi connectivity index (χ0n) is 12.7. The number of hydrogen-bond donors (Lipinski definition) is 2. The van der Waals surface area contributed by atoms with Crippen molar-refractivity contribution in [3.05, 3.63) is 46.1 Å². The van der Waals surface area contributed by atoms with E-state index < -0.39 is 11.1 Å². The number of nitro groups is 1. The fraction of sp³-hybridized carbons (Fsp3) is 0.333. The van der Waals surface area contributed by atoms with Crippen LogP contribution >= 0.6 is 0 Å². The topological polar surface area (TPSA) is 133 Å². The molecule has 1 saturated carbocycles. The number of non-ortho nitro benzene ring substituents is 1. The summed E-state index contributed by atoms with van der Waals surface area (Å²) in [4.78, 5) is 21.9. The van der Waals surface area contributed by atoms with Gasteiger partial charge in [0.1, 0.15) is 17.7 Å². The summed E-state index contributed by atoms with van der Waals surface area (Å²) in [6, 6.07) is 7.00. The lowest BCUT2D eigenvalue weighted by atomic mass is 10.0. The smallest absolute Gasteiger partial charge is 0.431 e. The van der Waals surface area contributed by atoms with Crippen molar-refractivity contribution >= 4 is 17.7 Å². The molecule has 1 unspecified atom stereocenters. The number of nitrogens with zero attached hydrogens (tertiary/aromatic N) is 2. The highest BCUT2D eigenvalue weighted by molar-refractivity contribution is 5.64. The average Bonchev–Trinajstić information content (AvgIpc) is 3.16. The quantitative estimate of drug-likeness (QED) is 0.380. The second-order valence-corrected chi connectivity index (χ2v) is 5.60. The van der Waals surface area contributed by atoms with Crippen molar-refractivity contribution in [3.63, 3.8) is 0 Å². The van der Waals surface area contributed by atoms with Gasteiger partial charge in [-0.25, -0.2) is 4.79 Å². The standard InChI is InChI=1S/C15H16N4O5/c16-14-8-13(17-18-14)9-1-4-12(7-9)24-15(20)23-11-5-2-10(3-6-11)19(21)22/h2-3,5-6,8-9,12H,1,4,7H2,(H3,16,17,18)/t9?,12-/m1/s1. The minimum Gasteiger partial charge on any atom is -0.431 e. The van der Waals surface area contributed by atoms with Crippen LogP contribution in [0.3, 0.4) is 0 Å². The van der Waals surface area contributed by atoms with Gasteiger partial charge in [0.2, 0.25) is 0 Å². The van der Waals surface area contributed by atoms with Crippen LogP contribution in [0, 0.1) is 10.1 Å². The van der Waals surface area contributed by atoms with Gasteiger partial charge in [-0.05, 0) is 31.4 Å². The molecule has 0 radical (unpaired) electrons. The van der Waals surface area contributed by atoms with Gasteiger partial charge in [0.15, 0.2) is 0 Å². The minimum atomic E-state index is -0.821. The van der Waals surface area contributed by atoms with E-state index in [2.05, 4.69) is 10.2 Å². The maximum absolute atomic E-state index is 11.8. The van der Waals surface area contributed by atoms with E-state index in [1.54, 1.807) is 6.07 Å². The van der Waals surface area contributed by atoms with Gasteiger partial charge in [-0.3, -0.25) is 15.2 Å². The van der Waals surface area contributed by atoms with Gasteiger partial charge in [-0.15, -0.1) is 0 Å². The summed E-state index contributed by atoms with van der Waals surface area (Å²) in [5, 5.41) is 17.3. The Hall–Kier alpha value is -3.10. The number of H-pyrrole nitrogens is 1. The van der Waals surface area contributed by atoms with Crippen molar-refractivity contribution in [2.45, 2.75) is 31.3 Å². The van der Waals surface area contributed by atoms with Crippen LogP contribution in [0.15, 0.2) is 30.3 Å². The predicted molar refractivity (Wildman–Crippen MR) is 83.6 cm³/mol. The Balaban J connectivity index is 1.51. The molecule has 1 aliphatic carbocycles. The summed E-state index contributed by atoms with van der Waals surface area (Å²) in [6.45, 7) is 0. The maximum Gasteiger partial charge on any atom is 0.514 e. The number of ether oxygens (including phenoxy) is 2. The molecule has 0 spiro atoms. The van der Waals surface area contributed by atoms with Crippen molar-refractivity contribution < 1.29 is 19.2 Å². The van der Waals surface area contributed by atoms with E-state index >= 15 is 0 Å². The summed E-state index contributed by atoms with van der Waals surface area (Å²) >= 11 is 0. The van der Waals surface area contributed by atoms with E-state index in [1.807, 2.05) is 0 Å². The van der Waals surface area contributed by atoms with Gasteiger partial charge >= 0.3 is 6.16 Å². The third kappa shape index (κ3) is 3.62. The molecule has 0 aliphatic heterocycles. The molecule has 9 heteroatoms. The van der Waals surface area contributed by atoms with Crippen LogP contribution in [0.1, 0.15) is 30.9 Å². The number of nitro benzene ring substituents is 1. The highest BCUT2D eigenvalue weighted by Gasteiger charge is 2.30. The molecule has 24 heavy (non-hydrogen) atoms. The van der Waals surface area contributed by atoms with Crippen LogP contribution < -0.4 is 10.5 Å². The van der Waals surface area contributed by atoms with Crippen LogP contribution in [0.2, 0.25) is 0 Å². The van der Waals surface area contributed by atoms with E-state index in [9.17, 15) is 14.9 Å². The van der Waals surface area contributed by atoms with Gasteiger partial charge in [0.25, 0.3) is 5.69 Å². The van der Waals surface area contributed by atoms with Gasteiger partial charge < -0.3 is 15.2 Å². The molecular formula is C15H16N4O5. The molecule has 2 aromatic rings. The molecular weight excluding hydrogens is 316 g/mol. The van der Waals surface area contributed by atoms with Gasteiger partial charge in [-0.1, -0.05) is 0 Å². The van der Waals surface area contributed by atoms with E-state index in [0.29, 0.717) is 12.2 Å². The minimum absolute atomic E-state index is 0.0758. The zero-order valence-corrected chi connectivity index (χ0v) is 12.7. The maximum atomic E-state index is 11.8. The number of anilines is 1. The molecule has 1 aromatic heterocycles. The third-order valence-corrected chi connectivity index (χ3v) is 3.95. The lowest BCUT2D eigenvalue weighted by Gasteiger charge is -2.12. The molecule has 126 valence electrons. The molecule has 3 rings (SSSR count). The first-order valence-electron chi connectivity index (χ1n) is 7.45. The highest BCUT2D eigenvalue weighted by atomic mass is 16.7. The first-order chi connectivity index (χ1) is 11.5. The number of aromatic amines is 1. The second kappa shape index (κ2) is 6.57. The van der Waals surface area contributed by atoms with Crippen molar-refractivity contribution in [3.8, 4) is 5.75 Å². The largest absolute Gasteiger partial charge is 0.514 e. The Bertz CT molecular complexity index is 743. The van der Waals surface area contributed by atoms with Crippen molar-refractivity contribution in [1.82, 2.24) is 10.2 Å². The van der Waals surface area contributed by atoms with Crippen LogP contribution in [-0.4, -0.2) is 27.4 Å². The lowest BCUT2D eigenvalue weighted by molar-refractivity contribution is -0.384. The fourth-order valence-electron chi connectivity index (χ4n) is 2.78. The molecule has 0 saturated heterocycles. The highest BCUT2D eigenvalue weighted by Crippen LogP contribution is 2.35. The Morgan fingerprint density at radius 3 is 2.71 bits per heavy atom. The van der Waals surface area contributed by atoms with Crippen LogP contribution in [0.5, 0.6) is 5.75 Å². The summed E-state index contributed by atoms with van der Waals surface area (Å²) in [7, 11) is 0. The number of nitrogen functional groups attached to an aromatic ring is 1. The van der Waals surface area contributed by atoms with E-state index in [0.717, 1.165) is 18.5 Å². The van der Waals surface area contributed by atoms with Crippen LogP contribution in [0.25, 0.3) is 0 Å². The Labute approximate surface area is 136 Å². The third-order valence-electron chi connectivity index (χ3n) is 3.95. The van der Waals surface area contributed by atoms with Crippen LogP contribution in [-0.2, 0) is 4.74 Å². The first kappa shape index (κ1) is 15.8. The summed E-state index contributed by atoms with van der Waals surface area (Å²) < 4.78 is 10.3. The Kier molecular flexibility index (Phi) is 4.32. The molecule has 1 aliphatic rings. The van der Waals surface area contributed by atoms with Gasteiger partial charge in [-0.2, -0.15) is 5.10 Å². The first-order valence-corrected chi connectivity index (χ1v) is 7.45. The number of nitrogens with one attached hydrogen (secondary N) is 1. The Morgan fingerprint density at radius 2 is 2.08 bits per heavy atom. The summed E-state index contributed by atoms with van der Waals surface area (Å²) in [5.74, 6) is 0.848.